The Balaban J connectivity index is 1.59. The van der Waals surface area contributed by atoms with Crippen molar-refractivity contribution in [2.75, 3.05) is 6.54 Å². The van der Waals surface area contributed by atoms with Crippen LogP contribution in [0.25, 0.3) is 22.2 Å². The third-order valence-electron chi connectivity index (χ3n) is 5.19. The Morgan fingerprint density at radius 3 is 2.59 bits per heavy atom. The van der Waals surface area contributed by atoms with Crippen LogP contribution in [0.15, 0.2) is 42.5 Å². The van der Waals surface area contributed by atoms with Crippen LogP contribution in [-0.2, 0) is 16.0 Å². The molecule has 4 rings (SSSR count). The molecule has 1 saturated heterocycles. The molecule has 3 aromatic rings. The molecule has 1 aliphatic heterocycles. The molecular weight excluding hydrogens is 376 g/mol. The maximum Gasteiger partial charge on any atom is 0.240 e. The number of benzene rings is 2. The van der Waals surface area contributed by atoms with Gasteiger partial charge in [0.2, 0.25) is 11.8 Å². The molecule has 1 aromatic heterocycles. The van der Waals surface area contributed by atoms with E-state index in [9.17, 15) is 18.4 Å². The van der Waals surface area contributed by atoms with Crippen molar-refractivity contribution in [3.05, 3.63) is 59.7 Å². The fourth-order valence-corrected chi connectivity index (χ4v) is 3.71. The summed E-state index contributed by atoms with van der Waals surface area (Å²) in [7, 11) is 0. The molecule has 5 nitrogen and oxygen atoms in total. The molecule has 0 unspecified atom stereocenters. The average molecular weight is 397 g/mol. The summed E-state index contributed by atoms with van der Waals surface area (Å²) in [5, 5.41) is 2.06. The summed E-state index contributed by atoms with van der Waals surface area (Å²) in [5.74, 6) is -1.06. The van der Waals surface area contributed by atoms with Crippen molar-refractivity contribution in [1.82, 2.24) is 15.4 Å². The number of nitrogens with one attached hydrogen (secondary N) is 2. The molecule has 0 radical (unpaired) electrons. The molecule has 2 heterocycles. The molecule has 0 saturated carbocycles. The first-order valence-electron chi connectivity index (χ1n) is 9.67. The van der Waals surface area contributed by atoms with E-state index in [0.29, 0.717) is 24.8 Å². The van der Waals surface area contributed by atoms with E-state index in [0.717, 1.165) is 35.2 Å². The monoisotopic (exact) mass is 397 g/mol. The maximum absolute atomic E-state index is 13.8. The highest BCUT2D eigenvalue weighted by atomic mass is 19.1. The van der Waals surface area contributed by atoms with Crippen LogP contribution in [0.1, 0.15) is 31.2 Å². The van der Waals surface area contributed by atoms with Gasteiger partial charge in [-0.05, 0) is 72.9 Å². The first-order valence-corrected chi connectivity index (χ1v) is 9.67. The number of amides is 2. The van der Waals surface area contributed by atoms with Crippen LogP contribution in [0, 0.1) is 11.6 Å². The minimum absolute atomic E-state index is 0.0780. The van der Waals surface area contributed by atoms with Crippen LogP contribution in [0.2, 0.25) is 0 Å². The Labute approximate surface area is 166 Å². The van der Waals surface area contributed by atoms with Gasteiger partial charge in [-0.2, -0.15) is 0 Å². The van der Waals surface area contributed by atoms with Crippen molar-refractivity contribution < 1.29 is 18.4 Å². The van der Waals surface area contributed by atoms with Gasteiger partial charge in [-0.1, -0.05) is 0 Å². The third-order valence-corrected chi connectivity index (χ3v) is 5.19. The molecule has 2 amide bonds. The summed E-state index contributed by atoms with van der Waals surface area (Å²) >= 11 is 0. The fraction of sp³-hybridized carbons (Fsp3) is 0.273. The highest BCUT2D eigenvalue weighted by molar-refractivity contribution is 5.91. The van der Waals surface area contributed by atoms with Crippen LogP contribution in [-0.4, -0.2) is 28.4 Å². The lowest BCUT2D eigenvalue weighted by Gasteiger charge is -2.26. The number of aromatic nitrogens is 1. The van der Waals surface area contributed by atoms with Crippen LogP contribution in [0.5, 0.6) is 0 Å². The molecule has 7 heteroatoms. The first-order chi connectivity index (χ1) is 14.0. The number of halogens is 2. The van der Waals surface area contributed by atoms with E-state index in [2.05, 4.69) is 10.4 Å². The summed E-state index contributed by atoms with van der Waals surface area (Å²) in [6.07, 6.45) is 2.64. The van der Waals surface area contributed by atoms with Crippen molar-refractivity contribution in [3.8, 4) is 11.3 Å². The average Bonchev–Trinajstić information content (AvgIpc) is 3.06. The second-order valence-electron chi connectivity index (χ2n) is 7.21. The topological polar surface area (TPSA) is 65.2 Å². The second kappa shape index (κ2) is 8.03. The summed E-state index contributed by atoms with van der Waals surface area (Å²) in [6, 6.07) is 10.5. The van der Waals surface area contributed by atoms with Gasteiger partial charge >= 0.3 is 0 Å². The molecular formula is C22H21F2N3O2. The fourth-order valence-electron chi connectivity index (χ4n) is 3.71. The molecule has 0 aliphatic carbocycles. The number of hydrazine groups is 1. The normalized spacial score (nSPS) is 14.4. The number of carbonyl (C=O) groups is 2. The molecule has 1 aliphatic rings. The van der Waals surface area contributed by atoms with Gasteiger partial charge in [0.05, 0.1) is 0 Å². The summed E-state index contributed by atoms with van der Waals surface area (Å²) in [4.78, 5) is 27.5. The van der Waals surface area contributed by atoms with E-state index in [4.69, 9.17) is 0 Å². The zero-order chi connectivity index (χ0) is 20.4. The lowest BCUT2D eigenvalue weighted by Crippen LogP contribution is -2.48. The molecule has 29 heavy (non-hydrogen) atoms. The molecule has 1 fully saturated rings. The Bertz CT molecular complexity index is 1060. The summed E-state index contributed by atoms with van der Waals surface area (Å²) in [5.41, 5.74) is 5.68. The van der Waals surface area contributed by atoms with E-state index in [1.807, 2.05) is 0 Å². The number of H-pyrrole nitrogens is 1. The lowest BCUT2D eigenvalue weighted by atomic mass is 10.0. The van der Waals surface area contributed by atoms with Crippen LogP contribution in [0.3, 0.4) is 0 Å². The number of piperidine rings is 1. The lowest BCUT2D eigenvalue weighted by molar-refractivity contribution is -0.143. The molecule has 2 aromatic carbocycles. The Morgan fingerprint density at radius 1 is 1.07 bits per heavy atom. The minimum atomic E-state index is -0.369. The van der Waals surface area contributed by atoms with Gasteiger partial charge in [0.25, 0.3) is 0 Å². The largest absolute Gasteiger partial charge is 0.354 e. The van der Waals surface area contributed by atoms with Crippen molar-refractivity contribution in [2.24, 2.45) is 0 Å². The van der Waals surface area contributed by atoms with E-state index >= 15 is 0 Å². The predicted molar refractivity (Wildman–Crippen MR) is 106 cm³/mol. The molecule has 150 valence electrons. The summed E-state index contributed by atoms with van der Waals surface area (Å²) < 4.78 is 27.2. The molecule has 0 atom stereocenters. The zero-order valence-electron chi connectivity index (χ0n) is 15.8. The third kappa shape index (κ3) is 4.13. The van der Waals surface area contributed by atoms with Crippen molar-refractivity contribution in [2.45, 2.75) is 32.1 Å². The van der Waals surface area contributed by atoms with Crippen LogP contribution < -0.4 is 5.43 Å². The quantitative estimate of drug-likeness (QED) is 0.681. The van der Waals surface area contributed by atoms with E-state index in [1.165, 1.54) is 29.3 Å². The number of hydrogen-bond donors (Lipinski definition) is 2. The van der Waals surface area contributed by atoms with Gasteiger partial charge in [-0.15, -0.1) is 0 Å². The number of nitrogens with zero attached hydrogens (tertiary/aromatic N) is 1. The van der Waals surface area contributed by atoms with Gasteiger partial charge in [-0.3, -0.25) is 20.0 Å². The summed E-state index contributed by atoms with van der Waals surface area (Å²) in [6.45, 7) is 0.518. The molecule has 0 spiro atoms. The molecule has 0 bridgehead atoms. The number of carbonyl (C=O) groups excluding carboxylic acids is 2. The number of aryl methyl sites for hydroxylation is 1. The maximum atomic E-state index is 13.8. The number of hydrogen-bond acceptors (Lipinski definition) is 2. The highest BCUT2D eigenvalue weighted by Gasteiger charge is 2.21. The van der Waals surface area contributed by atoms with Gasteiger partial charge < -0.3 is 4.98 Å². The van der Waals surface area contributed by atoms with Crippen molar-refractivity contribution in [3.63, 3.8) is 0 Å². The Kier molecular flexibility index (Phi) is 5.29. The van der Waals surface area contributed by atoms with Crippen molar-refractivity contribution in [1.29, 1.82) is 0 Å². The van der Waals surface area contributed by atoms with Gasteiger partial charge in [0, 0.05) is 36.0 Å². The van der Waals surface area contributed by atoms with E-state index in [1.54, 1.807) is 18.2 Å². The van der Waals surface area contributed by atoms with E-state index in [-0.39, 0.29) is 29.9 Å². The standard InChI is InChI=1S/C22H21F2N3O2/c23-15-6-4-14(5-7-15)22-17(18-13-16(24)8-10-19(18)25-22)9-11-20(28)26-27-12-2-1-3-21(27)29/h4-8,10,13,25H,1-3,9,11-12H2,(H,26,28). The molecule has 2 N–H and O–H groups in total. The highest BCUT2D eigenvalue weighted by Crippen LogP contribution is 2.32. The second-order valence-corrected chi connectivity index (χ2v) is 7.21. The smallest absolute Gasteiger partial charge is 0.240 e. The zero-order valence-corrected chi connectivity index (χ0v) is 15.8. The van der Waals surface area contributed by atoms with Crippen LogP contribution >= 0.6 is 0 Å². The number of fused-ring (bicyclic) bond motifs is 1. The van der Waals surface area contributed by atoms with Gasteiger partial charge in [0.1, 0.15) is 11.6 Å². The van der Waals surface area contributed by atoms with Gasteiger partial charge in [-0.25, -0.2) is 8.78 Å². The minimum Gasteiger partial charge on any atom is -0.354 e. The number of aromatic amines is 1. The van der Waals surface area contributed by atoms with Crippen molar-refractivity contribution >= 4 is 22.7 Å². The Hall–Kier alpha value is -3.22. The SMILES string of the molecule is O=C(CCc1c(-c2ccc(F)cc2)[nH]c2ccc(F)cc12)NN1CCCCC1=O. The van der Waals surface area contributed by atoms with Gasteiger partial charge in [0.15, 0.2) is 0 Å². The van der Waals surface area contributed by atoms with E-state index < -0.39 is 0 Å². The Morgan fingerprint density at radius 2 is 1.83 bits per heavy atom. The predicted octanol–water partition coefficient (Wildman–Crippen LogP) is 4.09. The first kappa shape index (κ1) is 19.1. The van der Waals surface area contributed by atoms with Crippen LogP contribution in [0.4, 0.5) is 8.78 Å². The number of rotatable bonds is 5.